The fourth-order valence-corrected chi connectivity index (χ4v) is 1.45. The molecule has 0 aliphatic rings. The SMILES string of the molecule is CCn1nnnc1NC/C=C/c1ccccc1. The minimum atomic E-state index is 0.699. The van der Waals surface area contributed by atoms with E-state index in [0.717, 1.165) is 6.54 Å². The standard InChI is InChI=1S/C12H15N5/c1-2-17-12(14-15-16-17)13-10-6-9-11-7-4-3-5-8-11/h3-9H,2,10H2,1H3,(H,13,14,16)/b9-6+. The molecule has 0 radical (unpaired) electrons. The van der Waals surface area contributed by atoms with Gasteiger partial charge in [0.15, 0.2) is 0 Å². The number of aryl methyl sites for hydroxylation is 1. The second kappa shape index (κ2) is 5.79. The van der Waals surface area contributed by atoms with Crippen LogP contribution in [-0.2, 0) is 6.54 Å². The topological polar surface area (TPSA) is 55.6 Å². The molecule has 5 nitrogen and oxygen atoms in total. The van der Waals surface area contributed by atoms with Gasteiger partial charge in [-0.15, -0.1) is 0 Å². The van der Waals surface area contributed by atoms with Crippen molar-refractivity contribution in [3.05, 3.63) is 42.0 Å². The zero-order chi connectivity index (χ0) is 11.9. The van der Waals surface area contributed by atoms with E-state index in [0.29, 0.717) is 12.5 Å². The number of tetrazole rings is 1. The molecule has 5 heteroatoms. The minimum absolute atomic E-state index is 0.699. The Labute approximate surface area is 100 Å². The normalized spacial score (nSPS) is 10.9. The highest BCUT2D eigenvalue weighted by Crippen LogP contribution is 2.02. The van der Waals surface area contributed by atoms with Crippen LogP contribution in [0.5, 0.6) is 0 Å². The molecule has 0 amide bonds. The highest BCUT2D eigenvalue weighted by atomic mass is 15.6. The van der Waals surface area contributed by atoms with E-state index in [1.807, 2.05) is 31.2 Å². The van der Waals surface area contributed by atoms with Crippen LogP contribution in [0.4, 0.5) is 5.95 Å². The van der Waals surface area contributed by atoms with Crippen LogP contribution in [-0.4, -0.2) is 26.8 Å². The molecule has 0 bridgehead atoms. The van der Waals surface area contributed by atoms with Gasteiger partial charge in [0.2, 0.25) is 5.95 Å². The van der Waals surface area contributed by atoms with Gasteiger partial charge in [-0.05, 0) is 22.9 Å². The second-order valence-electron chi connectivity index (χ2n) is 3.51. The van der Waals surface area contributed by atoms with Crippen molar-refractivity contribution in [3.8, 4) is 0 Å². The third kappa shape index (κ3) is 3.14. The fraction of sp³-hybridized carbons (Fsp3) is 0.250. The Balaban J connectivity index is 1.86. The first-order valence-corrected chi connectivity index (χ1v) is 5.62. The highest BCUT2D eigenvalue weighted by Gasteiger charge is 2.00. The molecule has 0 saturated carbocycles. The van der Waals surface area contributed by atoms with Crippen LogP contribution in [0, 0.1) is 0 Å². The third-order valence-electron chi connectivity index (χ3n) is 2.32. The lowest BCUT2D eigenvalue weighted by atomic mass is 10.2. The van der Waals surface area contributed by atoms with E-state index in [2.05, 4.69) is 39.1 Å². The van der Waals surface area contributed by atoms with Crippen molar-refractivity contribution in [1.29, 1.82) is 0 Å². The number of aromatic nitrogens is 4. The minimum Gasteiger partial charge on any atom is -0.350 e. The molecule has 1 N–H and O–H groups in total. The summed E-state index contributed by atoms with van der Waals surface area (Å²) in [7, 11) is 0. The van der Waals surface area contributed by atoms with Gasteiger partial charge in [0.05, 0.1) is 0 Å². The van der Waals surface area contributed by atoms with Gasteiger partial charge in [-0.2, -0.15) is 0 Å². The number of hydrogen-bond acceptors (Lipinski definition) is 4. The number of rotatable bonds is 5. The van der Waals surface area contributed by atoms with Gasteiger partial charge in [0.1, 0.15) is 0 Å². The zero-order valence-electron chi connectivity index (χ0n) is 9.74. The maximum atomic E-state index is 3.89. The summed E-state index contributed by atoms with van der Waals surface area (Å²) in [5.74, 6) is 0.699. The van der Waals surface area contributed by atoms with Crippen LogP contribution in [0.25, 0.3) is 6.08 Å². The highest BCUT2D eigenvalue weighted by molar-refractivity contribution is 5.49. The van der Waals surface area contributed by atoms with Gasteiger partial charge >= 0.3 is 0 Å². The Morgan fingerprint density at radius 3 is 2.88 bits per heavy atom. The molecule has 17 heavy (non-hydrogen) atoms. The summed E-state index contributed by atoms with van der Waals surface area (Å²) in [6.07, 6.45) is 4.11. The summed E-state index contributed by atoms with van der Waals surface area (Å²) in [5, 5.41) is 14.5. The van der Waals surface area contributed by atoms with Crippen molar-refractivity contribution in [3.63, 3.8) is 0 Å². The van der Waals surface area contributed by atoms with Gasteiger partial charge in [0, 0.05) is 13.1 Å². The van der Waals surface area contributed by atoms with Gasteiger partial charge in [-0.1, -0.05) is 47.6 Å². The summed E-state index contributed by atoms with van der Waals surface area (Å²) in [5.41, 5.74) is 1.18. The van der Waals surface area contributed by atoms with Crippen LogP contribution in [0.1, 0.15) is 12.5 Å². The Morgan fingerprint density at radius 1 is 1.29 bits per heavy atom. The number of hydrogen-bond donors (Lipinski definition) is 1. The number of nitrogens with one attached hydrogen (secondary N) is 1. The van der Waals surface area contributed by atoms with Crippen LogP contribution >= 0.6 is 0 Å². The molecule has 2 rings (SSSR count). The van der Waals surface area contributed by atoms with Gasteiger partial charge in [0.25, 0.3) is 0 Å². The van der Waals surface area contributed by atoms with Crippen molar-refractivity contribution in [2.24, 2.45) is 0 Å². The number of anilines is 1. The molecule has 1 aromatic heterocycles. The van der Waals surface area contributed by atoms with Crippen LogP contribution < -0.4 is 5.32 Å². The zero-order valence-corrected chi connectivity index (χ0v) is 9.74. The second-order valence-corrected chi connectivity index (χ2v) is 3.51. The lowest BCUT2D eigenvalue weighted by Crippen LogP contribution is -2.07. The summed E-state index contributed by atoms with van der Waals surface area (Å²) in [6, 6.07) is 10.2. The fourth-order valence-electron chi connectivity index (χ4n) is 1.45. The monoisotopic (exact) mass is 229 g/mol. The Bertz CT molecular complexity index is 475. The number of nitrogens with zero attached hydrogens (tertiary/aromatic N) is 4. The van der Waals surface area contributed by atoms with E-state index in [4.69, 9.17) is 0 Å². The first kappa shape index (κ1) is 11.3. The maximum absolute atomic E-state index is 3.89. The molecular weight excluding hydrogens is 214 g/mol. The van der Waals surface area contributed by atoms with Gasteiger partial charge < -0.3 is 5.32 Å². The maximum Gasteiger partial charge on any atom is 0.243 e. The molecule has 0 atom stereocenters. The average Bonchev–Trinajstić information content (AvgIpc) is 2.83. The molecule has 0 aliphatic heterocycles. The van der Waals surface area contributed by atoms with Gasteiger partial charge in [-0.3, -0.25) is 0 Å². The van der Waals surface area contributed by atoms with Crippen molar-refractivity contribution in [1.82, 2.24) is 20.2 Å². The number of benzene rings is 1. The molecule has 0 unspecified atom stereocenters. The third-order valence-corrected chi connectivity index (χ3v) is 2.32. The largest absolute Gasteiger partial charge is 0.350 e. The molecule has 1 aromatic carbocycles. The Hall–Kier alpha value is -2.17. The first-order valence-electron chi connectivity index (χ1n) is 5.62. The van der Waals surface area contributed by atoms with Gasteiger partial charge in [-0.25, -0.2) is 4.68 Å². The first-order chi connectivity index (χ1) is 8.40. The molecule has 1 heterocycles. The summed E-state index contributed by atoms with van der Waals surface area (Å²) < 4.78 is 1.72. The van der Waals surface area contributed by atoms with Crippen LogP contribution in [0.3, 0.4) is 0 Å². The van der Waals surface area contributed by atoms with Crippen LogP contribution in [0.2, 0.25) is 0 Å². The predicted molar refractivity (Wildman–Crippen MR) is 67.5 cm³/mol. The Kier molecular flexibility index (Phi) is 3.85. The summed E-state index contributed by atoms with van der Waals surface area (Å²) in [6.45, 7) is 3.47. The molecule has 2 aromatic rings. The van der Waals surface area contributed by atoms with E-state index < -0.39 is 0 Å². The molecular formula is C12H15N5. The van der Waals surface area contributed by atoms with Crippen molar-refractivity contribution < 1.29 is 0 Å². The molecule has 0 fully saturated rings. The molecule has 0 aliphatic carbocycles. The summed E-state index contributed by atoms with van der Waals surface area (Å²) >= 11 is 0. The molecule has 88 valence electrons. The summed E-state index contributed by atoms with van der Waals surface area (Å²) in [4.78, 5) is 0. The predicted octanol–water partition coefficient (Wildman–Crippen LogP) is 1.82. The van der Waals surface area contributed by atoms with E-state index in [-0.39, 0.29) is 0 Å². The molecule has 0 spiro atoms. The van der Waals surface area contributed by atoms with Crippen LogP contribution in [0.15, 0.2) is 36.4 Å². The molecule has 0 saturated heterocycles. The smallest absolute Gasteiger partial charge is 0.243 e. The van der Waals surface area contributed by atoms with Crippen molar-refractivity contribution in [2.45, 2.75) is 13.5 Å². The van der Waals surface area contributed by atoms with Crippen molar-refractivity contribution in [2.75, 3.05) is 11.9 Å². The van der Waals surface area contributed by atoms with E-state index >= 15 is 0 Å². The quantitative estimate of drug-likeness (QED) is 0.849. The van der Waals surface area contributed by atoms with E-state index in [1.54, 1.807) is 4.68 Å². The average molecular weight is 229 g/mol. The van der Waals surface area contributed by atoms with E-state index in [9.17, 15) is 0 Å². The lowest BCUT2D eigenvalue weighted by Gasteiger charge is -2.01. The lowest BCUT2D eigenvalue weighted by molar-refractivity contribution is 0.630. The van der Waals surface area contributed by atoms with E-state index in [1.165, 1.54) is 5.56 Å². The van der Waals surface area contributed by atoms with Crippen molar-refractivity contribution >= 4 is 12.0 Å². The Morgan fingerprint density at radius 2 is 2.12 bits per heavy atom.